The van der Waals surface area contributed by atoms with Crippen LogP contribution in [-0.2, 0) is 16.1 Å². The smallest absolute Gasteiger partial charge is 0.296 e. The Balaban J connectivity index is 1.84. The van der Waals surface area contributed by atoms with Gasteiger partial charge in [-0.2, -0.15) is 0 Å². The molecule has 0 aliphatic carbocycles. The molecule has 1 amide bonds. The number of likely N-dealkylation sites (tertiary alicyclic amines) is 1. The first-order chi connectivity index (χ1) is 15.4. The molecule has 3 aromatic rings. The minimum atomic E-state index is -0.939. The number of ketones is 1. The molecule has 164 valence electrons. The van der Waals surface area contributed by atoms with Crippen LogP contribution in [0.1, 0.15) is 29.9 Å². The number of Topliss-reactive ketones (excluding diaryl/α,β-unsaturated/α-hetero) is 1. The molecule has 2 aromatic carbocycles. The van der Waals surface area contributed by atoms with E-state index in [2.05, 4.69) is 0 Å². The number of nitrogens with zero attached hydrogens (tertiary/aromatic N) is 1. The van der Waals surface area contributed by atoms with E-state index in [9.17, 15) is 19.1 Å². The Hall–Kier alpha value is -3.58. The van der Waals surface area contributed by atoms with Gasteiger partial charge in [0.1, 0.15) is 23.1 Å². The molecule has 6 nitrogen and oxygen atoms in total. The summed E-state index contributed by atoms with van der Waals surface area (Å²) in [6.07, 6.45) is 1.46. The number of carbonyl (C=O) groups excluding carboxylic acids is 2. The van der Waals surface area contributed by atoms with Crippen LogP contribution in [-0.4, -0.2) is 28.3 Å². The molecule has 0 radical (unpaired) electrons. The molecule has 0 saturated carbocycles. The average molecular weight is 456 g/mol. The zero-order valence-corrected chi connectivity index (χ0v) is 17.8. The van der Waals surface area contributed by atoms with E-state index in [4.69, 9.17) is 20.8 Å². The topological polar surface area (TPSA) is 80.0 Å². The van der Waals surface area contributed by atoms with E-state index in [0.29, 0.717) is 23.7 Å². The van der Waals surface area contributed by atoms with E-state index in [1.54, 1.807) is 24.3 Å². The van der Waals surface area contributed by atoms with E-state index < -0.39 is 23.5 Å². The molecule has 1 saturated heterocycles. The van der Waals surface area contributed by atoms with Crippen LogP contribution in [0, 0.1) is 5.82 Å². The molecule has 32 heavy (non-hydrogen) atoms. The van der Waals surface area contributed by atoms with Crippen molar-refractivity contribution in [3.63, 3.8) is 0 Å². The lowest BCUT2D eigenvalue weighted by molar-refractivity contribution is -0.140. The standard InChI is InChI=1S/C24H19ClFNO5/c1-2-31-19-10-7-15(12-18(19)25)22(28)20-21(14-5-8-16(26)9-6-14)27(24(30)23(20)29)13-17-4-3-11-32-17/h3-12,21,28H,2,13H2,1H3/b22-20+. The highest BCUT2D eigenvalue weighted by atomic mass is 35.5. The predicted molar refractivity (Wildman–Crippen MR) is 116 cm³/mol. The summed E-state index contributed by atoms with van der Waals surface area (Å²) in [5.74, 6) is -1.61. The second kappa shape index (κ2) is 8.88. The number of benzene rings is 2. The van der Waals surface area contributed by atoms with Crippen molar-refractivity contribution in [2.45, 2.75) is 19.5 Å². The first kappa shape index (κ1) is 21.6. The van der Waals surface area contributed by atoms with Gasteiger partial charge in [-0.05, 0) is 55.0 Å². The quantitative estimate of drug-likeness (QED) is 0.318. The molecule has 1 atom stereocenters. The van der Waals surface area contributed by atoms with E-state index in [0.717, 1.165) is 0 Å². The Morgan fingerprint density at radius 1 is 1.19 bits per heavy atom. The number of carbonyl (C=O) groups is 2. The van der Waals surface area contributed by atoms with Gasteiger partial charge in [0.25, 0.3) is 11.7 Å². The third-order valence-electron chi connectivity index (χ3n) is 5.14. The molecular weight excluding hydrogens is 437 g/mol. The number of amides is 1. The van der Waals surface area contributed by atoms with Gasteiger partial charge >= 0.3 is 0 Å². The first-order valence-electron chi connectivity index (χ1n) is 9.89. The second-order valence-electron chi connectivity index (χ2n) is 7.14. The largest absolute Gasteiger partial charge is 0.507 e. The first-order valence-corrected chi connectivity index (χ1v) is 10.3. The molecular formula is C24H19ClFNO5. The van der Waals surface area contributed by atoms with Crippen molar-refractivity contribution in [1.29, 1.82) is 0 Å². The second-order valence-corrected chi connectivity index (χ2v) is 7.54. The fraction of sp³-hybridized carbons (Fsp3) is 0.167. The molecule has 1 aliphatic heterocycles. The van der Waals surface area contributed by atoms with Crippen LogP contribution < -0.4 is 4.74 Å². The van der Waals surface area contributed by atoms with Crippen molar-refractivity contribution in [2.75, 3.05) is 6.61 Å². The number of hydrogen-bond donors (Lipinski definition) is 1. The van der Waals surface area contributed by atoms with Crippen molar-refractivity contribution in [3.05, 3.63) is 94.2 Å². The highest BCUT2D eigenvalue weighted by Gasteiger charge is 2.46. The van der Waals surface area contributed by atoms with Crippen LogP contribution in [0.4, 0.5) is 4.39 Å². The van der Waals surface area contributed by atoms with Crippen LogP contribution in [0.3, 0.4) is 0 Å². The van der Waals surface area contributed by atoms with E-state index in [-0.39, 0.29) is 28.5 Å². The summed E-state index contributed by atoms with van der Waals surface area (Å²) < 4.78 is 24.3. The zero-order chi connectivity index (χ0) is 22.8. The van der Waals surface area contributed by atoms with Crippen molar-refractivity contribution >= 4 is 29.1 Å². The number of furan rings is 1. The summed E-state index contributed by atoms with van der Waals surface area (Å²) in [5.41, 5.74) is 0.602. The van der Waals surface area contributed by atoms with Gasteiger partial charge in [0.2, 0.25) is 0 Å². The number of aliphatic hydroxyl groups is 1. The van der Waals surface area contributed by atoms with Gasteiger partial charge in [-0.1, -0.05) is 23.7 Å². The molecule has 8 heteroatoms. The zero-order valence-electron chi connectivity index (χ0n) is 17.0. The van der Waals surface area contributed by atoms with Gasteiger partial charge < -0.3 is 19.2 Å². The lowest BCUT2D eigenvalue weighted by atomic mass is 9.95. The number of halogens is 2. The third kappa shape index (κ3) is 3.99. The molecule has 4 rings (SSSR count). The van der Waals surface area contributed by atoms with Gasteiger partial charge in [-0.3, -0.25) is 9.59 Å². The maximum atomic E-state index is 13.5. The molecule has 0 bridgehead atoms. The lowest BCUT2D eigenvalue weighted by Crippen LogP contribution is -2.29. The summed E-state index contributed by atoms with van der Waals surface area (Å²) in [4.78, 5) is 27.2. The minimum Gasteiger partial charge on any atom is -0.507 e. The van der Waals surface area contributed by atoms with Gasteiger partial charge in [0.05, 0.1) is 36.1 Å². The summed E-state index contributed by atoms with van der Waals surface area (Å²) in [6.45, 7) is 2.22. The molecule has 2 heterocycles. The molecule has 1 unspecified atom stereocenters. The number of aliphatic hydroxyl groups excluding tert-OH is 1. The molecule has 0 spiro atoms. The van der Waals surface area contributed by atoms with Crippen molar-refractivity contribution < 1.29 is 28.2 Å². The maximum absolute atomic E-state index is 13.5. The van der Waals surface area contributed by atoms with Crippen molar-refractivity contribution in [2.24, 2.45) is 0 Å². The molecule has 1 N–H and O–H groups in total. The number of hydrogen-bond acceptors (Lipinski definition) is 5. The molecule has 1 aromatic heterocycles. The van der Waals surface area contributed by atoms with Crippen LogP contribution >= 0.6 is 11.6 Å². The normalized spacial score (nSPS) is 17.7. The van der Waals surface area contributed by atoms with Crippen LogP contribution in [0.2, 0.25) is 5.02 Å². The highest BCUT2D eigenvalue weighted by molar-refractivity contribution is 6.46. The van der Waals surface area contributed by atoms with E-state index in [1.807, 2.05) is 6.92 Å². The van der Waals surface area contributed by atoms with Crippen LogP contribution in [0.25, 0.3) is 5.76 Å². The highest BCUT2D eigenvalue weighted by Crippen LogP contribution is 2.41. The Kier molecular flexibility index (Phi) is 6.01. The van der Waals surface area contributed by atoms with Crippen LogP contribution in [0.5, 0.6) is 5.75 Å². The SMILES string of the molecule is CCOc1ccc(/C(O)=C2\C(=O)C(=O)N(Cc3ccco3)C2c2ccc(F)cc2)cc1Cl. The average Bonchev–Trinajstić information content (AvgIpc) is 3.38. The summed E-state index contributed by atoms with van der Waals surface area (Å²) >= 11 is 6.24. The Labute approximate surface area is 188 Å². The summed E-state index contributed by atoms with van der Waals surface area (Å²) in [6, 6.07) is 12.4. The third-order valence-corrected chi connectivity index (χ3v) is 5.43. The van der Waals surface area contributed by atoms with Gasteiger partial charge in [0, 0.05) is 5.56 Å². The maximum Gasteiger partial charge on any atom is 0.296 e. The van der Waals surface area contributed by atoms with Gasteiger partial charge in [-0.15, -0.1) is 0 Å². The van der Waals surface area contributed by atoms with Crippen molar-refractivity contribution in [3.8, 4) is 5.75 Å². The van der Waals surface area contributed by atoms with Crippen LogP contribution in [0.15, 0.2) is 70.9 Å². The fourth-order valence-electron chi connectivity index (χ4n) is 3.68. The molecule has 1 fully saturated rings. The fourth-order valence-corrected chi connectivity index (χ4v) is 3.92. The number of ether oxygens (including phenoxy) is 1. The molecule has 1 aliphatic rings. The minimum absolute atomic E-state index is 0.000427. The predicted octanol–water partition coefficient (Wildman–Crippen LogP) is 5.09. The van der Waals surface area contributed by atoms with Gasteiger partial charge in [-0.25, -0.2) is 4.39 Å². The number of rotatable bonds is 6. The summed E-state index contributed by atoms with van der Waals surface area (Å²) in [7, 11) is 0. The van der Waals surface area contributed by atoms with Crippen molar-refractivity contribution in [1.82, 2.24) is 4.90 Å². The Morgan fingerprint density at radius 2 is 1.94 bits per heavy atom. The van der Waals surface area contributed by atoms with Gasteiger partial charge in [0.15, 0.2) is 0 Å². The Bertz CT molecular complexity index is 1190. The van der Waals surface area contributed by atoms with E-state index in [1.165, 1.54) is 41.5 Å². The monoisotopic (exact) mass is 455 g/mol. The van der Waals surface area contributed by atoms with E-state index >= 15 is 0 Å². The summed E-state index contributed by atoms with van der Waals surface area (Å²) in [5, 5.41) is 11.3. The lowest BCUT2D eigenvalue weighted by Gasteiger charge is -2.24. The Morgan fingerprint density at radius 3 is 2.56 bits per heavy atom.